The molecule has 0 radical (unpaired) electrons. The molecule has 2 atom stereocenters. The summed E-state index contributed by atoms with van der Waals surface area (Å²) in [5, 5.41) is 13.4. The molecule has 0 aromatic heterocycles. The second kappa shape index (κ2) is 6.15. The lowest BCUT2D eigenvalue weighted by atomic mass is 10.1. The van der Waals surface area contributed by atoms with Crippen LogP contribution in [0.25, 0.3) is 0 Å². The highest BCUT2D eigenvalue weighted by atomic mass is 16.5. The van der Waals surface area contributed by atoms with Crippen molar-refractivity contribution in [1.29, 1.82) is 0 Å². The van der Waals surface area contributed by atoms with Crippen molar-refractivity contribution in [3.63, 3.8) is 0 Å². The first kappa shape index (κ1) is 12.6. The third-order valence-corrected chi connectivity index (χ3v) is 3.30. The van der Waals surface area contributed by atoms with Crippen LogP contribution in [-0.4, -0.2) is 31.4 Å². The van der Waals surface area contributed by atoms with Gasteiger partial charge in [-0.3, -0.25) is 0 Å². The number of hydrogen-bond donors (Lipinski definition) is 2. The highest BCUT2D eigenvalue weighted by Gasteiger charge is 2.31. The van der Waals surface area contributed by atoms with E-state index < -0.39 is 6.10 Å². The molecule has 2 N–H and O–H groups in total. The second-order valence-electron chi connectivity index (χ2n) is 4.73. The fourth-order valence-electron chi connectivity index (χ4n) is 2.10. The van der Waals surface area contributed by atoms with Gasteiger partial charge in [-0.1, -0.05) is 30.3 Å². The monoisotopic (exact) mass is 235 g/mol. The predicted octanol–water partition coefficient (Wildman–Crippen LogP) is 1.73. The molecule has 94 valence electrons. The maximum Gasteiger partial charge on any atom is 0.0914 e. The van der Waals surface area contributed by atoms with Gasteiger partial charge in [-0.25, -0.2) is 0 Å². The zero-order valence-corrected chi connectivity index (χ0v) is 10.3. The number of methoxy groups -OCH3 is 1. The van der Waals surface area contributed by atoms with Crippen LogP contribution >= 0.6 is 0 Å². The maximum absolute atomic E-state index is 10.0. The lowest BCUT2D eigenvalue weighted by Gasteiger charge is -2.20. The van der Waals surface area contributed by atoms with E-state index in [0.29, 0.717) is 12.6 Å². The third kappa shape index (κ3) is 3.80. The summed E-state index contributed by atoms with van der Waals surface area (Å²) >= 11 is 0. The highest BCUT2D eigenvalue weighted by molar-refractivity contribution is 5.17. The normalized spacial score (nSPS) is 18.9. The Morgan fingerprint density at radius 3 is 2.65 bits per heavy atom. The van der Waals surface area contributed by atoms with E-state index in [4.69, 9.17) is 4.74 Å². The van der Waals surface area contributed by atoms with Gasteiger partial charge in [0.25, 0.3) is 0 Å². The van der Waals surface area contributed by atoms with Gasteiger partial charge in [-0.2, -0.15) is 0 Å². The van der Waals surface area contributed by atoms with Crippen molar-refractivity contribution < 1.29 is 9.84 Å². The molecule has 1 aliphatic carbocycles. The molecule has 0 heterocycles. The lowest BCUT2D eigenvalue weighted by molar-refractivity contribution is 0.132. The summed E-state index contributed by atoms with van der Waals surface area (Å²) in [6, 6.07) is 10.2. The van der Waals surface area contributed by atoms with Crippen LogP contribution in [0.2, 0.25) is 0 Å². The first-order chi connectivity index (χ1) is 8.31. The summed E-state index contributed by atoms with van der Waals surface area (Å²) in [6.07, 6.45) is 2.12. The van der Waals surface area contributed by atoms with Gasteiger partial charge in [0.2, 0.25) is 0 Å². The molecule has 1 saturated carbocycles. The molecule has 0 spiro atoms. The largest absolute Gasteiger partial charge is 0.387 e. The summed E-state index contributed by atoms with van der Waals surface area (Å²) in [7, 11) is 1.73. The minimum absolute atomic E-state index is 0.387. The highest BCUT2D eigenvalue weighted by Crippen LogP contribution is 2.32. The summed E-state index contributed by atoms with van der Waals surface area (Å²) in [6.45, 7) is 1.32. The maximum atomic E-state index is 10.0. The van der Waals surface area contributed by atoms with Crippen LogP contribution in [0.5, 0.6) is 0 Å². The van der Waals surface area contributed by atoms with E-state index in [1.54, 1.807) is 7.11 Å². The Kier molecular flexibility index (Phi) is 4.54. The van der Waals surface area contributed by atoms with Crippen molar-refractivity contribution in [2.75, 3.05) is 20.3 Å². The molecular weight excluding hydrogens is 214 g/mol. The van der Waals surface area contributed by atoms with Gasteiger partial charge in [0.1, 0.15) is 0 Å². The Labute approximate surface area is 103 Å². The average molecular weight is 235 g/mol. The molecule has 2 unspecified atom stereocenters. The molecule has 1 aliphatic rings. The standard InChI is InChI=1S/C14H21NO2/c1-17-10-13(11-7-8-11)15-9-14(16)12-5-3-2-4-6-12/h2-6,11,13-16H,7-10H2,1H3. The van der Waals surface area contributed by atoms with Crippen molar-refractivity contribution in [2.24, 2.45) is 5.92 Å². The SMILES string of the molecule is COCC(NCC(O)c1ccccc1)C1CC1. The molecule has 3 heteroatoms. The quantitative estimate of drug-likeness (QED) is 0.756. The fourth-order valence-corrected chi connectivity index (χ4v) is 2.10. The van der Waals surface area contributed by atoms with E-state index in [1.165, 1.54) is 12.8 Å². The molecule has 1 aromatic rings. The first-order valence-corrected chi connectivity index (χ1v) is 6.26. The molecule has 17 heavy (non-hydrogen) atoms. The third-order valence-electron chi connectivity index (χ3n) is 3.30. The number of nitrogens with one attached hydrogen (secondary N) is 1. The fraction of sp³-hybridized carbons (Fsp3) is 0.571. The summed E-state index contributed by atoms with van der Waals surface area (Å²) in [4.78, 5) is 0. The van der Waals surface area contributed by atoms with Gasteiger partial charge in [-0.05, 0) is 24.3 Å². The summed E-state index contributed by atoms with van der Waals surface area (Å²) in [5.41, 5.74) is 0.965. The lowest BCUT2D eigenvalue weighted by Crippen LogP contribution is -2.37. The first-order valence-electron chi connectivity index (χ1n) is 6.26. The van der Waals surface area contributed by atoms with Gasteiger partial charge < -0.3 is 15.2 Å². The van der Waals surface area contributed by atoms with E-state index >= 15 is 0 Å². The number of aliphatic hydroxyl groups excluding tert-OH is 1. The predicted molar refractivity (Wildman–Crippen MR) is 67.8 cm³/mol. The van der Waals surface area contributed by atoms with Crippen LogP contribution in [0.4, 0.5) is 0 Å². The van der Waals surface area contributed by atoms with Crippen molar-refractivity contribution in [2.45, 2.75) is 25.0 Å². The van der Waals surface area contributed by atoms with Gasteiger partial charge in [0, 0.05) is 19.7 Å². The van der Waals surface area contributed by atoms with Crippen LogP contribution in [0.15, 0.2) is 30.3 Å². The molecule has 3 nitrogen and oxygen atoms in total. The Morgan fingerprint density at radius 2 is 2.06 bits per heavy atom. The van der Waals surface area contributed by atoms with Gasteiger partial charge >= 0.3 is 0 Å². The smallest absolute Gasteiger partial charge is 0.0914 e. The van der Waals surface area contributed by atoms with E-state index in [1.807, 2.05) is 30.3 Å². The molecule has 0 bridgehead atoms. The Balaban J connectivity index is 1.80. The minimum atomic E-state index is -0.436. The summed E-state index contributed by atoms with van der Waals surface area (Å²) < 4.78 is 5.20. The molecule has 0 saturated heterocycles. The average Bonchev–Trinajstić information content (AvgIpc) is 3.19. The molecule has 1 fully saturated rings. The topological polar surface area (TPSA) is 41.5 Å². The molecule has 1 aromatic carbocycles. The number of benzene rings is 1. The van der Waals surface area contributed by atoms with Crippen molar-refractivity contribution in [1.82, 2.24) is 5.32 Å². The minimum Gasteiger partial charge on any atom is -0.387 e. The van der Waals surface area contributed by atoms with E-state index in [0.717, 1.165) is 18.1 Å². The van der Waals surface area contributed by atoms with E-state index in [9.17, 15) is 5.11 Å². The van der Waals surface area contributed by atoms with Crippen LogP contribution in [0.3, 0.4) is 0 Å². The van der Waals surface area contributed by atoms with E-state index in [2.05, 4.69) is 5.32 Å². The second-order valence-corrected chi connectivity index (χ2v) is 4.73. The molecule has 2 rings (SSSR count). The number of rotatable bonds is 7. The Hall–Kier alpha value is -0.900. The van der Waals surface area contributed by atoms with Gasteiger partial charge in [0.15, 0.2) is 0 Å². The number of aliphatic hydroxyl groups is 1. The summed E-state index contributed by atoms with van der Waals surface area (Å²) in [5.74, 6) is 0.734. The van der Waals surface area contributed by atoms with Crippen LogP contribution in [0.1, 0.15) is 24.5 Å². The Bertz CT molecular complexity index is 324. The number of ether oxygens (including phenoxy) is 1. The van der Waals surface area contributed by atoms with Crippen LogP contribution in [-0.2, 0) is 4.74 Å². The van der Waals surface area contributed by atoms with Crippen LogP contribution in [0, 0.1) is 5.92 Å². The number of hydrogen-bond acceptors (Lipinski definition) is 3. The molecule has 0 aliphatic heterocycles. The van der Waals surface area contributed by atoms with Gasteiger partial charge in [-0.15, -0.1) is 0 Å². The zero-order chi connectivity index (χ0) is 12.1. The van der Waals surface area contributed by atoms with Crippen LogP contribution < -0.4 is 5.32 Å². The van der Waals surface area contributed by atoms with Crippen molar-refractivity contribution in [3.8, 4) is 0 Å². The zero-order valence-electron chi connectivity index (χ0n) is 10.3. The molecular formula is C14H21NO2. The molecule has 0 amide bonds. The van der Waals surface area contributed by atoms with Gasteiger partial charge in [0.05, 0.1) is 12.7 Å². The van der Waals surface area contributed by atoms with Crippen molar-refractivity contribution >= 4 is 0 Å². The van der Waals surface area contributed by atoms with E-state index in [-0.39, 0.29) is 0 Å². The van der Waals surface area contributed by atoms with Crippen molar-refractivity contribution in [3.05, 3.63) is 35.9 Å². The Morgan fingerprint density at radius 1 is 1.35 bits per heavy atom.